The van der Waals surface area contributed by atoms with Crippen molar-refractivity contribution in [1.82, 2.24) is 14.8 Å². The molecule has 2 fully saturated rings. The molecule has 1 unspecified atom stereocenters. The summed E-state index contributed by atoms with van der Waals surface area (Å²) in [6.07, 6.45) is 1.67. The van der Waals surface area contributed by atoms with E-state index < -0.39 is 17.2 Å². The van der Waals surface area contributed by atoms with E-state index in [4.69, 9.17) is 4.74 Å². The van der Waals surface area contributed by atoms with Gasteiger partial charge >= 0.3 is 6.18 Å². The molecule has 0 N–H and O–H groups in total. The third-order valence-electron chi connectivity index (χ3n) is 8.20. The predicted molar refractivity (Wildman–Crippen MR) is 119 cm³/mol. The van der Waals surface area contributed by atoms with Crippen LogP contribution < -0.4 is 0 Å². The molecule has 1 aromatic heterocycles. The van der Waals surface area contributed by atoms with Gasteiger partial charge < -0.3 is 9.64 Å². The quantitative estimate of drug-likeness (QED) is 0.631. The second kappa shape index (κ2) is 9.53. The van der Waals surface area contributed by atoms with Crippen LogP contribution in [0, 0.1) is 11.3 Å². The first-order chi connectivity index (χ1) is 15.7. The zero-order valence-electron chi connectivity index (χ0n) is 20.0. The smallest absolute Gasteiger partial charge is 0.381 e. The molecule has 0 bridgehead atoms. The molecule has 1 aromatic rings. The van der Waals surface area contributed by atoms with Crippen LogP contribution in [0.25, 0.3) is 0 Å². The SMILES string of the molecule is CCN(C1CCOCC1)C1CC[C@@](C(=O)N2CCc3ncc(C(F)(F)F)cc3C2)(C(C)C)C1. The average molecular weight is 468 g/mol. The van der Waals surface area contributed by atoms with Crippen LogP contribution in [0.5, 0.6) is 0 Å². The van der Waals surface area contributed by atoms with E-state index in [1.54, 1.807) is 4.90 Å². The van der Waals surface area contributed by atoms with Gasteiger partial charge in [0.05, 0.1) is 11.0 Å². The topological polar surface area (TPSA) is 45.7 Å². The Morgan fingerprint density at radius 1 is 1.27 bits per heavy atom. The number of carbonyl (C=O) groups is 1. The van der Waals surface area contributed by atoms with Crippen molar-refractivity contribution in [2.45, 2.75) is 84.1 Å². The Morgan fingerprint density at radius 3 is 2.64 bits per heavy atom. The van der Waals surface area contributed by atoms with E-state index in [-0.39, 0.29) is 18.4 Å². The lowest BCUT2D eigenvalue weighted by molar-refractivity contribution is -0.146. The number of fused-ring (bicyclic) bond motifs is 1. The number of aromatic nitrogens is 1. The molecular weight excluding hydrogens is 431 g/mol. The maximum atomic E-state index is 13.9. The highest BCUT2D eigenvalue weighted by molar-refractivity contribution is 5.83. The monoisotopic (exact) mass is 467 g/mol. The largest absolute Gasteiger partial charge is 0.417 e. The van der Waals surface area contributed by atoms with Gasteiger partial charge in [-0.2, -0.15) is 13.2 Å². The minimum Gasteiger partial charge on any atom is -0.381 e. The number of halogens is 3. The Bertz CT molecular complexity index is 854. The van der Waals surface area contributed by atoms with E-state index in [2.05, 4.69) is 30.7 Å². The van der Waals surface area contributed by atoms with Crippen LogP contribution in [-0.4, -0.2) is 59.1 Å². The van der Waals surface area contributed by atoms with Gasteiger partial charge in [-0.05, 0) is 56.2 Å². The summed E-state index contributed by atoms with van der Waals surface area (Å²) in [6, 6.07) is 2.03. The first-order valence-corrected chi connectivity index (χ1v) is 12.3. The van der Waals surface area contributed by atoms with Crippen molar-refractivity contribution in [3.05, 3.63) is 29.1 Å². The highest BCUT2D eigenvalue weighted by Crippen LogP contribution is 2.48. The number of nitrogens with zero attached hydrogens (tertiary/aromatic N) is 3. The third-order valence-corrected chi connectivity index (χ3v) is 8.20. The fourth-order valence-corrected chi connectivity index (χ4v) is 6.20. The second-order valence-electron chi connectivity index (χ2n) is 10.2. The summed E-state index contributed by atoms with van der Waals surface area (Å²) in [7, 11) is 0. The molecule has 1 saturated heterocycles. The fraction of sp³-hybridized carbons (Fsp3) is 0.760. The lowest BCUT2D eigenvalue weighted by atomic mass is 9.73. The van der Waals surface area contributed by atoms with Crippen molar-refractivity contribution in [3.63, 3.8) is 0 Å². The summed E-state index contributed by atoms with van der Waals surface area (Å²) in [5, 5.41) is 0. The Morgan fingerprint density at radius 2 is 2.00 bits per heavy atom. The van der Waals surface area contributed by atoms with Crippen LogP contribution in [-0.2, 0) is 28.7 Å². The van der Waals surface area contributed by atoms with Gasteiger partial charge in [-0.1, -0.05) is 20.8 Å². The molecule has 0 radical (unpaired) electrons. The lowest BCUT2D eigenvalue weighted by Crippen LogP contribution is -2.49. The zero-order valence-corrected chi connectivity index (χ0v) is 20.0. The van der Waals surface area contributed by atoms with Crippen LogP contribution in [0.15, 0.2) is 12.3 Å². The van der Waals surface area contributed by atoms with Crippen molar-refractivity contribution in [1.29, 1.82) is 0 Å². The van der Waals surface area contributed by atoms with Crippen molar-refractivity contribution in [2.75, 3.05) is 26.3 Å². The minimum atomic E-state index is -4.43. The zero-order chi connectivity index (χ0) is 23.8. The summed E-state index contributed by atoms with van der Waals surface area (Å²) in [6.45, 7) is 9.70. The normalized spacial score (nSPS) is 26.8. The van der Waals surface area contributed by atoms with E-state index in [0.717, 1.165) is 58.1 Å². The van der Waals surface area contributed by atoms with Gasteiger partial charge in [0.1, 0.15) is 0 Å². The van der Waals surface area contributed by atoms with Gasteiger partial charge in [-0.15, -0.1) is 0 Å². The second-order valence-corrected chi connectivity index (χ2v) is 10.2. The van der Waals surface area contributed by atoms with Crippen LogP contribution in [0.3, 0.4) is 0 Å². The molecular formula is C25H36F3N3O2. The van der Waals surface area contributed by atoms with Gasteiger partial charge in [-0.3, -0.25) is 14.7 Å². The minimum absolute atomic E-state index is 0.103. The number of ether oxygens (including phenoxy) is 1. The van der Waals surface area contributed by atoms with E-state index in [1.165, 1.54) is 6.07 Å². The summed E-state index contributed by atoms with van der Waals surface area (Å²) >= 11 is 0. The first kappa shape index (κ1) is 24.5. The molecule has 0 spiro atoms. The molecule has 1 aliphatic carbocycles. The number of rotatable bonds is 5. The Labute approximate surface area is 194 Å². The van der Waals surface area contributed by atoms with Gasteiger partial charge in [0, 0.05) is 56.7 Å². The third kappa shape index (κ3) is 4.78. The van der Waals surface area contributed by atoms with Crippen molar-refractivity contribution < 1.29 is 22.7 Å². The molecule has 0 aromatic carbocycles. The number of pyridine rings is 1. The maximum absolute atomic E-state index is 13.9. The number of carbonyl (C=O) groups excluding carboxylic acids is 1. The van der Waals surface area contributed by atoms with Gasteiger partial charge in [-0.25, -0.2) is 0 Å². The molecule has 2 aliphatic heterocycles. The highest BCUT2D eigenvalue weighted by atomic mass is 19.4. The van der Waals surface area contributed by atoms with E-state index in [0.29, 0.717) is 36.3 Å². The Hall–Kier alpha value is -1.67. The molecule has 5 nitrogen and oxygen atoms in total. The molecule has 8 heteroatoms. The van der Waals surface area contributed by atoms with Crippen molar-refractivity contribution in [3.8, 4) is 0 Å². The molecule has 2 atom stereocenters. The van der Waals surface area contributed by atoms with Gasteiger partial charge in [0.2, 0.25) is 5.91 Å². The molecule has 33 heavy (non-hydrogen) atoms. The summed E-state index contributed by atoms with van der Waals surface area (Å²) < 4.78 is 45.1. The van der Waals surface area contributed by atoms with Crippen LogP contribution in [0.4, 0.5) is 13.2 Å². The molecule has 1 saturated carbocycles. The van der Waals surface area contributed by atoms with Crippen molar-refractivity contribution in [2.24, 2.45) is 11.3 Å². The molecule has 3 heterocycles. The number of amides is 1. The Kier molecular flexibility index (Phi) is 7.06. The number of alkyl halides is 3. The van der Waals surface area contributed by atoms with Crippen molar-refractivity contribution >= 4 is 5.91 Å². The fourth-order valence-electron chi connectivity index (χ4n) is 6.20. The lowest BCUT2D eigenvalue weighted by Gasteiger charge is -2.41. The van der Waals surface area contributed by atoms with Gasteiger partial charge in [0.25, 0.3) is 0 Å². The average Bonchev–Trinajstić information content (AvgIpc) is 3.25. The first-order valence-electron chi connectivity index (χ1n) is 12.3. The summed E-state index contributed by atoms with van der Waals surface area (Å²) in [4.78, 5) is 22.3. The van der Waals surface area contributed by atoms with Crippen LogP contribution in [0.2, 0.25) is 0 Å². The van der Waals surface area contributed by atoms with E-state index in [9.17, 15) is 18.0 Å². The summed E-state index contributed by atoms with van der Waals surface area (Å²) in [5.41, 5.74) is -0.0116. The summed E-state index contributed by atoms with van der Waals surface area (Å²) in [5.74, 6) is 0.274. The molecule has 1 amide bonds. The van der Waals surface area contributed by atoms with Gasteiger partial charge in [0.15, 0.2) is 0 Å². The maximum Gasteiger partial charge on any atom is 0.417 e. The standard InChI is InChI=1S/C25H36F3N3O2/c1-4-31(20-7-11-33-12-8-20)21-5-9-24(14-21,17(2)3)23(32)30-10-6-22-18(16-30)13-19(15-29-22)25(26,27)28/h13,15,17,20-21H,4-12,14,16H2,1-3H3/t21?,24-/m0/s1. The van der Waals surface area contributed by atoms with Crippen LogP contribution >= 0.6 is 0 Å². The number of hydrogen-bond donors (Lipinski definition) is 0. The number of hydrogen-bond acceptors (Lipinski definition) is 4. The predicted octanol–water partition coefficient (Wildman–Crippen LogP) is 4.68. The van der Waals surface area contributed by atoms with E-state index >= 15 is 0 Å². The van der Waals surface area contributed by atoms with E-state index in [1.807, 2.05) is 0 Å². The Balaban J connectivity index is 1.52. The van der Waals surface area contributed by atoms with Crippen LogP contribution in [0.1, 0.15) is 69.7 Å². The molecule has 3 aliphatic rings. The highest BCUT2D eigenvalue weighted by Gasteiger charge is 2.51. The molecule has 184 valence electrons. The molecule has 4 rings (SSSR count).